The van der Waals surface area contributed by atoms with Crippen LogP contribution in [0.1, 0.15) is 58.3 Å². The first-order valence-electron chi connectivity index (χ1n) is 7.64. The van der Waals surface area contributed by atoms with Crippen LogP contribution in [-0.2, 0) is 4.74 Å². The van der Waals surface area contributed by atoms with Crippen LogP contribution in [0.25, 0.3) is 0 Å². The summed E-state index contributed by atoms with van der Waals surface area (Å²) in [5.41, 5.74) is 0. The summed E-state index contributed by atoms with van der Waals surface area (Å²) in [6.45, 7) is 3.88. The van der Waals surface area contributed by atoms with Gasteiger partial charge in [0.1, 0.15) is 13.3 Å². The lowest BCUT2D eigenvalue weighted by atomic mass is 9.97. The Balaban J connectivity index is 1.86. The maximum Gasteiger partial charge on any atom is 0.164 e. The van der Waals surface area contributed by atoms with Crippen LogP contribution in [0.4, 0.5) is 0 Å². The third kappa shape index (κ3) is 7.65. The summed E-state index contributed by atoms with van der Waals surface area (Å²) in [5.74, 6) is 0.776. The Labute approximate surface area is 113 Å². The molecule has 0 fully saturated rings. The zero-order valence-electron chi connectivity index (χ0n) is 12.2. The lowest BCUT2D eigenvalue weighted by Crippen LogP contribution is -2.13. The first-order chi connectivity index (χ1) is 8.83. The Hall–Kier alpha value is -0.630. The summed E-state index contributed by atoms with van der Waals surface area (Å²) in [7, 11) is 2.13. The Morgan fingerprint density at radius 3 is 2.56 bits per heavy atom. The SMILES string of the molecule is CCOCCCCCCCCC1C=[N+](C)C=CC1. The van der Waals surface area contributed by atoms with Gasteiger partial charge in [-0.05, 0) is 32.3 Å². The van der Waals surface area contributed by atoms with E-state index in [1.807, 2.05) is 0 Å². The maximum atomic E-state index is 5.34. The van der Waals surface area contributed by atoms with Gasteiger partial charge in [0, 0.05) is 19.1 Å². The Morgan fingerprint density at radius 1 is 1.11 bits per heavy atom. The minimum absolute atomic E-state index is 0.776. The van der Waals surface area contributed by atoms with E-state index in [2.05, 4.69) is 37.0 Å². The largest absolute Gasteiger partial charge is 0.382 e. The predicted octanol–water partition coefficient (Wildman–Crippen LogP) is 4.00. The molecule has 1 unspecified atom stereocenters. The van der Waals surface area contributed by atoms with Gasteiger partial charge in [-0.15, -0.1) is 0 Å². The van der Waals surface area contributed by atoms with Gasteiger partial charge in [-0.1, -0.05) is 32.1 Å². The summed E-state index contributed by atoms with van der Waals surface area (Å²) in [6.07, 6.45) is 17.5. The summed E-state index contributed by atoms with van der Waals surface area (Å²) >= 11 is 0. The molecule has 0 N–H and O–H groups in total. The molecule has 0 aliphatic carbocycles. The molecule has 0 radical (unpaired) electrons. The van der Waals surface area contributed by atoms with Crippen LogP contribution in [0.15, 0.2) is 12.3 Å². The van der Waals surface area contributed by atoms with Gasteiger partial charge in [-0.25, -0.2) is 4.58 Å². The second-order valence-electron chi connectivity index (χ2n) is 5.30. The molecule has 0 saturated carbocycles. The van der Waals surface area contributed by atoms with Crippen molar-refractivity contribution in [2.75, 3.05) is 20.3 Å². The van der Waals surface area contributed by atoms with E-state index >= 15 is 0 Å². The van der Waals surface area contributed by atoms with E-state index in [-0.39, 0.29) is 0 Å². The number of hydrogen-bond acceptors (Lipinski definition) is 1. The second kappa shape index (κ2) is 10.3. The van der Waals surface area contributed by atoms with Crippen molar-refractivity contribution in [2.24, 2.45) is 5.92 Å². The number of nitrogens with zero attached hydrogens (tertiary/aromatic N) is 1. The third-order valence-electron chi connectivity index (χ3n) is 3.54. The van der Waals surface area contributed by atoms with Crippen molar-refractivity contribution >= 4 is 6.21 Å². The van der Waals surface area contributed by atoms with E-state index in [0.29, 0.717) is 0 Å². The van der Waals surface area contributed by atoms with Gasteiger partial charge in [0.15, 0.2) is 6.20 Å². The van der Waals surface area contributed by atoms with Crippen LogP contribution >= 0.6 is 0 Å². The summed E-state index contributed by atoms with van der Waals surface area (Å²) in [6, 6.07) is 0. The molecule has 0 aromatic rings. The zero-order chi connectivity index (χ0) is 13.1. The van der Waals surface area contributed by atoms with Crippen LogP contribution in [0.3, 0.4) is 0 Å². The van der Waals surface area contributed by atoms with Gasteiger partial charge >= 0.3 is 0 Å². The highest BCUT2D eigenvalue weighted by Gasteiger charge is 2.11. The van der Waals surface area contributed by atoms with Crippen LogP contribution in [0.5, 0.6) is 0 Å². The maximum absolute atomic E-state index is 5.34. The molecule has 1 heterocycles. The van der Waals surface area contributed by atoms with Gasteiger partial charge in [0.25, 0.3) is 0 Å². The van der Waals surface area contributed by atoms with Gasteiger partial charge in [0.2, 0.25) is 0 Å². The highest BCUT2D eigenvalue weighted by molar-refractivity contribution is 5.56. The lowest BCUT2D eigenvalue weighted by molar-refractivity contribution is -0.421. The van der Waals surface area contributed by atoms with Crippen molar-refractivity contribution in [1.82, 2.24) is 0 Å². The molecule has 104 valence electrons. The fraction of sp³-hybridized carbons (Fsp3) is 0.812. The van der Waals surface area contributed by atoms with Crippen LogP contribution < -0.4 is 0 Å². The molecule has 2 nitrogen and oxygen atoms in total. The fourth-order valence-electron chi connectivity index (χ4n) is 2.50. The Morgan fingerprint density at radius 2 is 1.83 bits per heavy atom. The molecule has 0 aromatic heterocycles. The molecule has 0 bridgehead atoms. The monoisotopic (exact) mass is 252 g/mol. The molecule has 1 atom stereocenters. The van der Waals surface area contributed by atoms with E-state index in [9.17, 15) is 0 Å². The highest BCUT2D eigenvalue weighted by atomic mass is 16.5. The molecule has 1 rings (SSSR count). The molecular formula is C16H30NO+. The van der Waals surface area contributed by atoms with Crippen molar-refractivity contribution in [1.29, 1.82) is 0 Å². The van der Waals surface area contributed by atoms with Crippen molar-refractivity contribution in [3.8, 4) is 0 Å². The number of allylic oxidation sites excluding steroid dienone is 1. The van der Waals surface area contributed by atoms with Gasteiger partial charge < -0.3 is 4.74 Å². The molecule has 0 spiro atoms. The van der Waals surface area contributed by atoms with E-state index in [0.717, 1.165) is 19.1 Å². The number of ether oxygens (including phenoxy) is 1. The summed E-state index contributed by atoms with van der Waals surface area (Å²) in [4.78, 5) is 0. The molecule has 0 saturated heterocycles. The standard InChI is InChI=1S/C16H30NO/c1-3-18-14-9-7-5-4-6-8-11-16-12-10-13-17(2)15-16/h10,13,15-16H,3-9,11-12,14H2,1-2H3/q+1. The first-order valence-corrected chi connectivity index (χ1v) is 7.64. The van der Waals surface area contributed by atoms with E-state index in [4.69, 9.17) is 4.74 Å². The van der Waals surface area contributed by atoms with Gasteiger partial charge in [-0.2, -0.15) is 0 Å². The zero-order valence-corrected chi connectivity index (χ0v) is 12.2. The van der Waals surface area contributed by atoms with Crippen molar-refractivity contribution in [3.63, 3.8) is 0 Å². The first kappa shape index (κ1) is 15.4. The lowest BCUT2D eigenvalue weighted by Gasteiger charge is -2.10. The number of hydrogen-bond donors (Lipinski definition) is 0. The second-order valence-corrected chi connectivity index (χ2v) is 5.30. The molecule has 2 heteroatoms. The van der Waals surface area contributed by atoms with Gasteiger partial charge in [-0.3, -0.25) is 0 Å². The molecule has 0 aromatic carbocycles. The minimum Gasteiger partial charge on any atom is -0.382 e. The Bertz CT molecular complexity index is 258. The Kier molecular flexibility index (Phi) is 8.83. The molecular weight excluding hydrogens is 222 g/mol. The molecule has 0 amide bonds. The third-order valence-corrected chi connectivity index (χ3v) is 3.54. The van der Waals surface area contributed by atoms with Crippen molar-refractivity contribution < 1.29 is 9.31 Å². The topological polar surface area (TPSA) is 12.2 Å². The fourth-order valence-corrected chi connectivity index (χ4v) is 2.50. The van der Waals surface area contributed by atoms with Crippen LogP contribution in [0, 0.1) is 5.92 Å². The van der Waals surface area contributed by atoms with Crippen molar-refractivity contribution in [2.45, 2.75) is 58.3 Å². The average molecular weight is 252 g/mol. The number of unbranched alkanes of at least 4 members (excludes halogenated alkanes) is 5. The minimum atomic E-state index is 0.776. The van der Waals surface area contributed by atoms with Crippen LogP contribution in [0.2, 0.25) is 0 Å². The molecule has 1 aliphatic rings. The smallest absolute Gasteiger partial charge is 0.164 e. The quantitative estimate of drug-likeness (QED) is 0.423. The van der Waals surface area contributed by atoms with Crippen LogP contribution in [-0.4, -0.2) is 31.1 Å². The van der Waals surface area contributed by atoms with E-state index in [1.54, 1.807) is 0 Å². The molecule has 1 aliphatic heterocycles. The number of rotatable bonds is 10. The van der Waals surface area contributed by atoms with Gasteiger partial charge in [0.05, 0.1) is 0 Å². The highest BCUT2D eigenvalue weighted by Crippen LogP contribution is 2.16. The predicted molar refractivity (Wildman–Crippen MR) is 78.3 cm³/mol. The van der Waals surface area contributed by atoms with E-state index in [1.165, 1.54) is 51.4 Å². The van der Waals surface area contributed by atoms with Crippen molar-refractivity contribution in [3.05, 3.63) is 12.3 Å². The summed E-state index contributed by atoms with van der Waals surface area (Å²) < 4.78 is 7.53. The van der Waals surface area contributed by atoms with E-state index < -0.39 is 0 Å². The summed E-state index contributed by atoms with van der Waals surface area (Å²) in [5, 5.41) is 0. The average Bonchev–Trinajstić information content (AvgIpc) is 2.37. The molecule has 18 heavy (non-hydrogen) atoms. The normalized spacial score (nSPS) is 19.0.